The molecule has 0 aliphatic carbocycles. The number of tetrazole rings is 1. The van der Waals surface area contributed by atoms with Gasteiger partial charge in [0, 0.05) is 6.54 Å². The smallest absolute Gasteiger partial charge is 0.167 e. The second-order valence-corrected chi connectivity index (χ2v) is 4.65. The van der Waals surface area contributed by atoms with E-state index in [4.69, 9.17) is 5.73 Å². The number of rotatable bonds is 5. The van der Waals surface area contributed by atoms with Crippen molar-refractivity contribution in [2.45, 2.75) is 38.8 Å². The van der Waals surface area contributed by atoms with E-state index in [1.54, 1.807) is 4.68 Å². The first-order valence-electron chi connectivity index (χ1n) is 6.25. The van der Waals surface area contributed by atoms with Crippen LogP contribution in [0, 0.1) is 0 Å². The molecule has 0 fully saturated rings. The van der Waals surface area contributed by atoms with Gasteiger partial charge >= 0.3 is 0 Å². The minimum atomic E-state index is -0.132. The predicted octanol–water partition coefficient (Wildman–Crippen LogP) is 1.89. The summed E-state index contributed by atoms with van der Waals surface area (Å²) in [4.78, 5) is 0. The zero-order chi connectivity index (χ0) is 13.0. The summed E-state index contributed by atoms with van der Waals surface area (Å²) in [6.45, 7) is 4.90. The summed E-state index contributed by atoms with van der Waals surface area (Å²) in [5.74, 6) is 1.23. The Hall–Kier alpha value is -1.75. The molecule has 0 spiro atoms. The van der Waals surface area contributed by atoms with Gasteiger partial charge in [0.1, 0.15) is 0 Å². The lowest BCUT2D eigenvalue weighted by Gasteiger charge is -2.12. The number of nitrogens with two attached hydrogens (primary N) is 1. The van der Waals surface area contributed by atoms with E-state index >= 15 is 0 Å². The molecule has 0 aliphatic rings. The lowest BCUT2D eigenvalue weighted by Crippen LogP contribution is -2.15. The highest BCUT2D eigenvalue weighted by Crippen LogP contribution is 2.19. The zero-order valence-corrected chi connectivity index (χ0v) is 10.8. The molecule has 2 aromatic rings. The molecule has 2 rings (SSSR count). The Balaban J connectivity index is 1.97. The molecule has 18 heavy (non-hydrogen) atoms. The summed E-state index contributed by atoms with van der Waals surface area (Å²) in [7, 11) is 0. The number of aryl methyl sites for hydroxylation is 1. The topological polar surface area (TPSA) is 69.6 Å². The molecule has 5 nitrogen and oxygen atoms in total. The van der Waals surface area contributed by atoms with Crippen molar-refractivity contribution in [2.75, 3.05) is 0 Å². The molecule has 0 bridgehead atoms. The number of hydrogen-bond acceptors (Lipinski definition) is 4. The average Bonchev–Trinajstić information content (AvgIpc) is 2.85. The fraction of sp³-hybridized carbons (Fsp3) is 0.462. The first kappa shape index (κ1) is 12.7. The second-order valence-electron chi connectivity index (χ2n) is 4.65. The van der Waals surface area contributed by atoms with Crippen molar-refractivity contribution >= 4 is 0 Å². The molecule has 1 aromatic heterocycles. The van der Waals surface area contributed by atoms with Crippen molar-refractivity contribution < 1.29 is 0 Å². The highest BCUT2D eigenvalue weighted by molar-refractivity contribution is 5.18. The van der Waals surface area contributed by atoms with Crippen LogP contribution in [0.4, 0.5) is 0 Å². The normalized spacial score (nSPS) is 14.4. The van der Waals surface area contributed by atoms with Gasteiger partial charge in [-0.1, -0.05) is 37.3 Å². The van der Waals surface area contributed by atoms with Gasteiger partial charge in [0.25, 0.3) is 0 Å². The van der Waals surface area contributed by atoms with E-state index in [0.717, 1.165) is 18.8 Å². The van der Waals surface area contributed by atoms with Gasteiger partial charge in [0.05, 0.1) is 6.04 Å². The highest BCUT2D eigenvalue weighted by atomic mass is 15.5. The molecule has 0 amide bonds. The first-order chi connectivity index (χ1) is 8.68. The minimum absolute atomic E-state index is 0.132. The van der Waals surface area contributed by atoms with E-state index in [1.165, 1.54) is 5.56 Å². The Kier molecular flexibility index (Phi) is 4.04. The minimum Gasteiger partial charge on any atom is -0.322 e. The Morgan fingerprint density at radius 3 is 2.61 bits per heavy atom. The summed E-state index contributed by atoms with van der Waals surface area (Å²) in [6.07, 6.45) is 0.995. The lowest BCUT2D eigenvalue weighted by molar-refractivity contribution is 0.492. The fourth-order valence-electron chi connectivity index (χ4n) is 1.96. The quantitative estimate of drug-likeness (QED) is 0.873. The number of aromatic nitrogens is 4. The van der Waals surface area contributed by atoms with Crippen molar-refractivity contribution in [1.82, 2.24) is 20.2 Å². The summed E-state index contributed by atoms with van der Waals surface area (Å²) in [5, 5.41) is 11.6. The maximum absolute atomic E-state index is 5.81. The van der Waals surface area contributed by atoms with Crippen molar-refractivity contribution in [3.8, 4) is 0 Å². The van der Waals surface area contributed by atoms with Crippen molar-refractivity contribution in [3.63, 3.8) is 0 Å². The molecule has 0 radical (unpaired) electrons. The van der Waals surface area contributed by atoms with Crippen LogP contribution >= 0.6 is 0 Å². The molecule has 1 aromatic carbocycles. The van der Waals surface area contributed by atoms with Crippen LogP contribution in [-0.4, -0.2) is 20.2 Å². The van der Waals surface area contributed by atoms with Crippen LogP contribution in [0.2, 0.25) is 0 Å². The molecule has 0 aliphatic heterocycles. The van der Waals surface area contributed by atoms with Crippen LogP contribution in [0.25, 0.3) is 0 Å². The van der Waals surface area contributed by atoms with E-state index in [-0.39, 0.29) is 6.04 Å². The van der Waals surface area contributed by atoms with Crippen molar-refractivity contribution in [1.29, 1.82) is 0 Å². The summed E-state index contributed by atoms with van der Waals surface area (Å²) in [5.41, 5.74) is 7.15. The van der Waals surface area contributed by atoms with Gasteiger partial charge in [-0.15, -0.1) is 5.10 Å². The molecule has 96 valence electrons. The van der Waals surface area contributed by atoms with Crippen molar-refractivity contribution in [3.05, 3.63) is 41.7 Å². The van der Waals surface area contributed by atoms with E-state index in [1.807, 2.05) is 13.0 Å². The monoisotopic (exact) mass is 245 g/mol. The molecular weight excluding hydrogens is 226 g/mol. The summed E-state index contributed by atoms with van der Waals surface area (Å²) in [6, 6.07) is 10.3. The maximum atomic E-state index is 5.81. The predicted molar refractivity (Wildman–Crippen MR) is 69.9 cm³/mol. The third-order valence-electron chi connectivity index (χ3n) is 3.11. The third kappa shape index (κ3) is 2.92. The van der Waals surface area contributed by atoms with Gasteiger partial charge in [0.2, 0.25) is 0 Å². The third-order valence-corrected chi connectivity index (χ3v) is 3.11. The number of nitrogens with zero attached hydrogens (tertiary/aromatic N) is 4. The molecule has 0 saturated heterocycles. The number of hydrogen-bond donors (Lipinski definition) is 1. The van der Waals surface area contributed by atoms with Gasteiger partial charge in [-0.3, -0.25) is 0 Å². The van der Waals surface area contributed by atoms with Gasteiger partial charge in [0.15, 0.2) is 5.82 Å². The van der Waals surface area contributed by atoms with E-state index in [2.05, 4.69) is 46.7 Å². The van der Waals surface area contributed by atoms with Crippen LogP contribution in [0.3, 0.4) is 0 Å². The second kappa shape index (κ2) is 5.73. The average molecular weight is 245 g/mol. The Bertz CT molecular complexity index is 477. The van der Waals surface area contributed by atoms with Gasteiger partial charge < -0.3 is 5.73 Å². The molecule has 1 heterocycles. The lowest BCUT2D eigenvalue weighted by atomic mass is 9.98. The summed E-state index contributed by atoms with van der Waals surface area (Å²) >= 11 is 0. The summed E-state index contributed by atoms with van der Waals surface area (Å²) < 4.78 is 1.80. The fourth-order valence-corrected chi connectivity index (χ4v) is 1.96. The SMILES string of the molecule is CC(N)c1nnnn1CCC(C)c1ccccc1. The molecule has 2 atom stereocenters. The maximum Gasteiger partial charge on any atom is 0.167 e. The largest absolute Gasteiger partial charge is 0.322 e. The zero-order valence-electron chi connectivity index (χ0n) is 10.8. The first-order valence-corrected chi connectivity index (χ1v) is 6.25. The van der Waals surface area contributed by atoms with E-state index < -0.39 is 0 Å². The Morgan fingerprint density at radius 2 is 1.94 bits per heavy atom. The van der Waals surface area contributed by atoms with Crippen LogP contribution in [-0.2, 0) is 6.54 Å². The van der Waals surface area contributed by atoms with Crippen LogP contribution in [0.15, 0.2) is 30.3 Å². The van der Waals surface area contributed by atoms with Gasteiger partial charge in [-0.25, -0.2) is 4.68 Å². The van der Waals surface area contributed by atoms with E-state index in [9.17, 15) is 0 Å². The van der Waals surface area contributed by atoms with Gasteiger partial charge in [-0.2, -0.15) is 0 Å². The molecule has 2 unspecified atom stereocenters. The van der Waals surface area contributed by atoms with Crippen LogP contribution < -0.4 is 5.73 Å². The van der Waals surface area contributed by atoms with Crippen LogP contribution in [0.5, 0.6) is 0 Å². The molecule has 2 N–H and O–H groups in total. The molecule has 0 saturated carbocycles. The number of benzene rings is 1. The standard InChI is InChI=1S/C13H19N5/c1-10(12-6-4-3-5-7-12)8-9-18-13(11(2)14)15-16-17-18/h3-7,10-11H,8-9,14H2,1-2H3. The van der Waals surface area contributed by atoms with Crippen molar-refractivity contribution in [2.24, 2.45) is 5.73 Å². The molecular formula is C13H19N5. The Labute approximate surface area is 107 Å². The van der Waals surface area contributed by atoms with Gasteiger partial charge in [-0.05, 0) is 35.3 Å². The Morgan fingerprint density at radius 1 is 1.22 bits per heavy atom. The highest BCUT2D eigenvalue weighted by Gasteiger charge is 2.12. The van der Waals surface area contributed by atoms with E-state index in [0.29, 0.717) is 5.92 Å². The molecule has 5 heteroatoms. The van der Waals surface area contributed by atoms with Crippen LogP contribution in [0.1, 0.15) is 43.6 Å².